The van der Waals surface area contributed by atoms with E-state index in [0.29, 0.717) is 17.0 Å². The number of amides is 1. The number of rotatable bonds is 9. The highest BCUT2D eigenvalue weighted by Crippen LogP contribution is 2.16. The summed E-state index contributed by atoms with van der Waals surface area (Å²) in [6, 6.07) is 11.8. The van der Waals surface area contributed by atoms with Crippen LogP contribution in [0.15, 0.2) is 47.4 Å². The molecule has 0 unspecified atom stereocenters. The summed E-state index contributed by atoms with van der Waals surface area (Å²) < 4.78 is 37.0. The second-order valence-corrected chi connectivity index (χ2v) is 8.09. The number of carbonyl (C=O) groups is 2. The Hall–Kier alpha value is -2.91. The summed E-state index contributed by atoms with van der Waals surface area (Å²) in [6.45, 7) is 2.90. The summed E-state index contributed by atoms with van der Waals surface area (Å²) in [5, 5.41) is 2.58. The number of carbonyl (C=O) groups excluding carboxylic acids is 2. The van der Waals surface area contributed by atoms with Gasteiger partial charge < -0.3 is 14.8 Å². The number of sulfonamides is 1. The van der Waals surface area contributed by atoms with E-state index in [9.17, 15) is 18.0 Å². The van der Waals surface area contributed by atoms with Gasteiger partial charge in [0.25, 0.3) is 5.91 Å². The van der Waals surface area contributed by atoms with E-state index < -0.39 is 28.5 Å². The number of nitrogens with one attached hydrogen (secondary N) is 2. The van der Waals surface area contributed by atoms with Crippen molar-refractivity contribution in [3.05, 3.63) is 53.6 Å². The second kappa shape index (κ2) is 10.0. The van der Waals surface area contributed by atoms with Crippen LogP contribution in [0.3, 0.4) is 0 Å². The summed E-state index contributed by atoms with van der Waals surface area (Å²) in [6.07, 6.45) is -0.195. The molecule has 0 bridgehead atoms. The first-order chi connectivity index (χ1) is 13.7. The second-order valence-electron chi connectivity index (χ2n) is 6.35. The van der Waals surface area contributed by atoms with Crippen molar-refractivity contribution in [1.82, 2.24) is 4.72 Å². The molecule has 156 valence electrons. The summed E-state index contributed by atoms with van der Waals surface area (Å²) in [7, 11) is -2.20. The van der Waals surface area contributed by atoms with Gasteiger partial charge in [0.05, 0.1) is 18.4 Å². The van der Waals surface area contributed by atoms with Gasteiger partial charge in [-0.05, 0) is 55.3 Å². The van der Waals surface area contributed by atoms with Gasteiger partial charge in [0.15, 0.2) is 6.61 Å². The quantitative estimate of drug-likeness (QED) is 0.602. The molecular formula is C20H24N2O6S. The molecule has 2 aromatic rings. The number of methoxy groups -OCH3 is 1. The normalized spacial score (nSPS) is 11.0. The van der Waals surface area contributed by atoms with Crippen molar-refractivity contribution in [3.63, 3.8) is 0 Å². The van der Waals surface area contributed by atoms with Gasteiger partial charge in [-0.15, -0.1) is 0 Å². The molecule has 2 aromatic carbocycles. The van der Waals surface area contributed by atoms with Crippen LogP contribution in [0.5, 0.6) is 5.75 Å². The molecule has 29 heavy (non-hydrogen) atoms. The molecule has 0 fully saturated rings. The minimum atomic E-state index is -3.73. The molecule has 2 N–H and O–H groups in total. The predicted octanol–water partition coefficient (Wildman–Crippen LogP) is 2.16. The lowest BCUT2D eigenvalue weighted by Crippen LogP contribution is -2.28. The summed E-state index contributed by atoms with van der Waals surface area (Å²) in [5.41, 5.74) is 1.97. The molecule has 0 atom stereocenters. The molecule has 0 aliphatic rings. The van der Waals surface area contributed by atoms with Crippen LogP contribution in [0.1, 0.15) is 17.5 Å². The third kappa shape index (κ3) is 6.88. The molecule has 0 aromatic heterocycles. The zero-order valence-electron chi connectivity index (χ0n) is 16.5. The highest BCUT2D eigenvalue weighted by molar-refractivity contribution is 7.89. The van der Waals surface area contributed by atoms with Gasteiger partial charge in [0, 0.05) is 12.2 Å². The zero-order chi connectivity index (χ0) is 21.4. The van der Waals surface area contributed by atoms with Crippen LogP contribution in [0.2, 0.25) is 0 Å². The highest BCUT2D eigenvalue weighted by atomic mass is 32.2. The first-order valence-electron chi connectivity index (χ1n) is 8.88. The van der Waals surface area contributed by atoms with Gasteiger partial charge in [-0.25, -0.2) is 13.1 Å². The Morgan fingerprint density at radius 3 is 2.38 bits per heavy atom. The van der Waals surface area contributed by atoms with Crippen molar-refractivity contribution in [1.29, 1.82) is 0 Å². The molecule has 0 aliphatic heterocycles. The Bertz CT molecular complexity index is 971. The maximum Gasteiger partial charge on any atom is 0.307 e. The fourth-order valence-electron chi connectivity index (χ4n) is 2.45. The summed E-state index contributed by atoms with van der Waals surface area (Å²) >= 11 is 0. The maximum absolute atomic E-state index is 12.4. The molecule has 0 saturated carbocycles. The fraction of sp³-hybridized carbons (Fsp3) is 0.300. The van der Waals surface area contributed by atoms with Crippen LogP contribution in [0.4, 0.5) is 5.69 Å². The average molecular weight is 420 g/mol. The Labute approximate surface area is 170 Å². The monoisotopic (exact) mass is 420 g/mol. The van der Waals surface area contributed by atoms with Crippen molar-refractivity contribution in [3.8, 4) is 5.75 Å². The molecule has 0 spiro atoms. The minimum absolute atomic E-state index is 0.130. The number of anilines is 1. The molecule has 0 heterocycles. The van der Waals surface area contributed by atoms with E-state index in [1.165, 1.54) is 7.11 Å². The van der Waals surface area contributed by atoms with Crippen LogP contribution >= 0.6 is 0 Å². The van der Waals surface area contributed by atoms with Crippen molar-refractivity contribution < 1.29 is 27.5 Å². The number of hydrogen-bond donors (Lipinski definition) is 2. The number of benzene rings is 2. The topological polar surface area (TPSA) is 111 Å². The maximum atomic E-state index is 12.4. The smallest absolute Gasteiger partial charge is 0.307 e. The molecule has 1 amide bonds. The molecule has 0 aliphatic carbocycles. The van der Waals surface area contributed by atoms with Crippen molar-refractivity contribution in [2.24, 2.45) is 0 Å². The van der Waals surface area contributed by atoms with Crippen LogP contribution in [-0.4, -0.2) is 40.6 Å². The molecule has 0 radical (unpaired) electrons. The van der Waals surface area contributed by atoms with E-state index in [-0.39, 0.29) is 17.9 Å². The predicted molar refractivity (Wildman–Crippen MR) is 108 cm³/mol. The number of aryl methyl sites for hydroxylation is 2. The molecule has 0 saturated heterocycles. The number of ether oxygens (including phenoxy) is 2. The van der Waals surface area contributed by atoms with Crippen LogP contribution < -0.4 is 14.8 Å². The summed E-state index contributed by atoms with van der Waals surface area (Å²) in [4.78, 5) is 23.8. The van der Waals surface area contributed by atoms with E-state index in [1.54, 1.807) is 50.2 Å². The lowest BCUT2D eigenvalue weighted by atomic mass is 10.2. The molecule has 9 heteroatoms. The third-order valence-corrected chi connectivity index (χ3v) is 5.60. The summed E-state index contributed by atoms with van der Waals surface area (Å²) in [5.74, 6) is -0.532. The SMILES string of the molecule is COc1ccc(NC(=O)COC(=O)CCNS(=O)(=O)c2cc(C)ccc2C)cc1. The highest BCUT2D eigenvalue weighted by Gasteiger charge is 2.17. The van der Waals surface area contributed by atoms with Gasteiger partial charge in [0.1, 0.15) is 5.75 Å². The first-order valence-corrected chi connectivity index (χ1v) is 10.4. The third-order valence-electron chi connectivity index (χ3n) is 3.99. The van der Waals surface area contributed by atoms with Crippen molar-refractivity contribution >= 4 is 27.6 Å². The van der Waals surface area contributed by atoms with Gasteiger partial charge in [-0.3, -0.25) is 9.59 Å². The Balaban J connectivity index is 1.76. The largest absolute Gasteiger partial charge is 0.497 e. The lowest BCUT2D eigenvalue weighted by Gasteiger charge is -2.10. The van der Waals surface area contributed by atoms with E-state index in [4.69, 9.17) is 9.47 Å². The molecule has 8 nitrogen and oxygen atoms in total. The van der Waals surface area contributed by atoms with Crippen molar-refractivity contribution in [2.75, 3.05) is 25.6 Å². The van der Waals surface area contributed by atoms with Crippen LogP contribution in [0.25, 0.3) is 0 Å². The Kier molecular flexibility index (Phi) is 7.74. The van der Waals surface area contributed by atoms with E-state index in [0.717, 1.165) is 5.56 Å². The van der Waals surface area contributed by atoms with E-state index >= 15 is 0 Å². The van der Waals surface area contributed by atoms with Crippen LogP contribution in [0, 0.1) is 13.8 Å². The fourth-order valence-corrected chi connectivity index (χ4v) is 3.81. The number of esters is 1. The first kappa shape index (κ1) is 22.4. The Morgan fingerprint density at radius 1 is 1.03 bits per heavy atom. The number of hydrogen-bond acceptors (Lipinski definition) is 6. The van der Waals surface area contributed by atoms with Gasteiger partial charge in [-0.1, -0.05) is 12.1 Å². The standard InChI is InChI=1S/C20H24N2O6S/c1-14-4-5-15(2)18(12-14)29(25,26)21-11-10-20(24)28-13-19(23)22-16-6-8-17(27-3)9-7-16/h4-9,12,21H,10-11,13H2,1-3H3,(H,22,23). The van der Waals surface area contributed by atoms with E-state index in [1.807, 2.05) is 6.07 Å². The van der Waals surface area contributed by atoms with E-state index in [2.05, 4.69) is 10.0 Å². The lowest BCUT2D eigenvalue weighted by molar-refractivity contribution is -0.147. The Morgan fingerprint density at radius 2 is 1.72 bits per heavy atom. The zero-order valence-corrected chi connectivity index (χ0v) is 17.3. The minimum Gasteiger partial charge on any atom is -0.497 e. The van der Waals surface area contributed by atoms with Gasteiger partial charge in [0.2, 0.25) is 10.0 Å². The molecule has 2 rings (SSSR count). The van der Waals surface area contributed by atoms with Gasteiger partial charge in [-0.2, -0.15) is 0 Å². The van der Waals surface area contributed by atoms with Crippen LogP contribution in [-0.2, 0) is 24.3 Å². The molecular weight excluding hydrogens is 396 g/mol. The average Bonchev–Trinajstić information content (AvgIpc) is 2.68. The van der Waals surface area contributed by atoms with Gasteiger partial charge >= 0.3 is 5.97 Å². The van der Waals surface area contributed by atoms with Crippen molar-refractivity contribution in [2.45, 2.75) is 25.2 Å².